The maximum atomic E-state index is 12.9. The zero-order valence-corrected chi connectivity index (χ0v) is 15.8. The first kappa shape index (κ1) is 18.7. The molecule has 4 rings (SSSR count). The molecule has 0 fully saturated rings. The molecule has 2 aromatic carbocycles. The largest absolute Gasteiger partial charge is 0.416 e. The van der Waals surface area contributed by atoms with Crippen LogP contribution in [0.15, 0.2) is 65.0 Å². The van der Waals surface area contributed by atoms with E-state index in [1.54, 1.807) is 18.2 Å². The first-order valence-electron chi connectivity index (χ1n) is 8.21. The van der Waals surface area contributed by atoms with Crippen molar-refractivity contribution in [3.63, 3.8) is 0 Å². The lowest BCUT2D eigenvalue weighted by molar-refractivity contribution is -0.137. The van der Waals surface area contributed by atoms with Gasteiger partial charge in [-0.1, -0.05) is 35.9 Å². The Morgan fingerprint density at radius 2 is 1.86 bits per heavy atom. The summed E-state index contributed by atoms with van der Waals surface area (Å²) in [5.74, 6) is 0. The predicted molar refractivity (Wildman–Crippen MR) is 105 cm³/mol. The molecule has 142 valence electrons. The summed E-state index contributed by atoms with van der Waals surface area (Å²) in [7, 11) is 0. The third-order valence-electron chi connectivity index (χ3n) is 4.31. The summed E-state index contributed by atoms with van der Waals surface area (Å²) in [5, 5.41) is 2.45. The van der Waals surface area contributed by atoms with Gasteiger partial charge in [-0.05, 0) is 35.4 Å². The Balaban J connectivity index is 1.72. The molecule has 0 saturated heterocycles. The zero-order chi connectivity index (χ0) is 19.9. The van der Waals surface area contributed by atoms with E-state index in [4.69, 9.17) is 11.6 Å². The number of aromatic nitrogens is 2. The second-order valence-corrected chi connectivity index (χ2v) is 7.53. The Hall–Kier alpha value is -2.64. The van der Waals surface area contributed by atoms with Gasteiger partial charge in [0.1, 0.15) is 4.70 Å². The molecule has 0 saturated carbocycles. The molecule has 2 heterocycles. The molecule has 0 radical (unpaired) electrons. The van der Waals surface area contributed by atoms with Crippen molar-refractivity contribution >= 4 is 33.2 Å². The van der Waals surface area contributed by atoms with Gasteiger partial charge in [0.05, 0.1) is 24.0 Å². The molecular weight excluding hydrogens is 409 g/mol. The van der Waals surface area contributed by atoms with E-state index in [1.165, 1.54) is 28.3 Å². The summed E-state index contributed by atoms with van der Waals surface area (Å²) in [6, 6.07) is 12.2. The third kappa shape index (κ3) is 3.55. The van der Waals surface area contributed by atoms with Gasteiger partial charge in [-0.2, -0.15) is 13.2 Å². The molecule has 3 nitrogen and oxygen atoms in total. The van der Waals surface area contributed by atoms with Gasteiger partial charge in [0.25, 0.3) is 5.56 Å². The Morgan fingerprint density at radius 3 is 2.57 bits per heavy atom. The fourth-order valence-corrected chi connectivity index (χ4v) is 4.03. The third-order valence-corrected chi connectivity index (χ3v) is 5.52. The zero-order valence-electron chi connectivity index (χ0n) is 14.2. The van der Waals surface area contributed by atoms with Gasteiger partial charge in [-0.15, -0.1) is 11.3 Å². The van der Waals surface area contributed by atoms with Gasteiger partial charge in [-0.25, -0.2) is 4.98 Å². The van der Waals surface area contributed by atoms with Gasteiger partial charge >= 0.3 is 6.18 Å². The van der Waals surface area contributed by atoms with Gasteiger partial charge in [0.2, 0.25) is 0 Å². The van der Waals surface area contributed by atoms with E-state index >= 15 is 0 Å². The van der Waals surface area contributed by atoms with E-state index in [0.717, 1.165) is 23.3 Å². The SMILES string of the molecule is O=c1c2scc(-c3ccc(Cl)cc3)c2ncn1Cc1cccc(C(F)(F)F)c1. The van der Waals surface area contributed by atoms with Crippen LogP contribution in [0.1, 0.15) is 11.1 Å². The Bertz CT molecular complexity index is 1210. The van der Waals surface area contributed by atoms with Crippen LogP contribution >= 0.6 is 22.9 Å². The highest BCUT2D eigenvalue weighted by molar-refractivity contribution is 7.17. The first-order chi connectivity index (χ1) is 13.3. The van der Waals surface area contributed by atoms with E-state index in [0.29, 0.717) is 20.8 Å². The second kappa shape index (κ2) is 7.07. The minimum Gasteiger partial charge on any atom is -0.294 e. The lowest BCUT2D eigenvalue weighted by Gasteiger charge is -2.10. The van der Waals surface area contributed by atoms with Gasteiger partial charge < -0.3 is 0 Å². The molecule has 0 aliphatic heterocycles. The van der Waals surface area contributed by atoms with E-state index < -0.39 is 11.7 Å². The average molecular weight is 421 g/mol. The maximum absolute atomic E-state index is 12.9. The molecular formula is C20H12ClF3N2OS. The van der Waals surface area contributed by atoms with Crippen LogP contribution in [0.4, 0.5) is 13.2 Å². The molecule has 4 aromatic rings. The molecule has 0 amide bonds. The lowest BCUT2D eigenvalue weighted by Crippen LogP contribution is -2.20. The van der Waals surface area contributed by atoms with Gasteiger partial charge in [-0.3, -0.25) is 9.36 Å². The number of hydrogen-bond donors (Lipinski definition) is 0. The average Bonchev–Trinajstić information content (AvgIpc) is 3.09. The van der Waals surface area contributed by atoms with Crippen LogP contribution in [0.2, 0.25) is 5.02 Å². The Morgan fingerprint density at radius 1 is 1.11 bits per heavy atom. The molecule has 28 heavy (non-hydrogen) atoms. The monoisotopic (exact) mass is 420 g/mol. The minimum atomic E-state index is -4.43. The Labute approximate surface area is 166 Å². The lowest BCUT2D eigenvalue weighted by atomic mass is 10.1. The fourth-order valence-electron chi connectivity index (χ4n) is 2.93. The van der Waals surface area contributed by atoms with E-state index in [1.807, 2.05) is 17.5 Å². The second-order valence-electron chi connectivity index (χ2n) is 6.21. The number of thiophene rings is 1. The number of hydrogen-bond acceptors (Lipinski definition) is 3. The fraction of sp³-hybridized carbons (Fsp3) is 0.100. The molecule has 0 aliphatic rings. The van der Waals surface area contributed by atoms with Crippen LogP contribution < -0.4 is 5.56 Å². The normalized spacial score (nSPS) is 11.9. The summed E-state index contributed by atoms with van der Waals surface area (Å²) in [4.78, 5) is 17.2. The number of halogens is 4. The number of rotatable bonds is 3. The standard InChI is InChI=1S/C20H12ClF3N2OS/c21-15-6-4-13(5-7-15)16-10-28-18-17(16)25-11-26(19(18)27)9-12-2-1-3-14(8-12)20(22,23)24/h1-8,10-11H,9H2. The predicted octanol–water partition coefficient (Wildman–Crippen LogP) is 5.85. The van der Waals surface area contributed by atoms with Crippen LogP contribution in [0.25, 0.3) is 21.3 Å². The van der Waals surface area contributed by atoms with Crippen LogP contribution in [0.5, 0.6) is 0 Å². The van der Waals surface area contributed by atoms with Crippen LogP contribution in [-0.4, -0.2) is 9.55 Å². The van der Waals surface area contributed by atoms with Crippen molar-refractivity contribution in [2.75, 3.05) is 0 Å². The molecule has 0 bridgehead atoms. The summed E-state index contributed by atoms with van der Waals surface area (Å²) in [6.45, 7) is 0.0138. The number of nitrogens with zero attached hydrogens (tertiary/aromatic N) is 2. The van der Waals surface area contributed by atoms with Crippen LogP contribution in [0, 0.1) is 0 Å². The summed E-state index contributed by atoms with van der Waals surface area (Å²) in [5.41, 5.74) is 1.63. The van der Waals surface area contributed by atoms with Crippen molar-refractivity contribution in [1.29, 1.82) is 0 Å². The van der Waals surface area contributed by atoms with Gasteiger partial charge in [0.15, 0.2) is 0 Å². The number of alkyl halides is 3. The molecule has 8 heteroatoms. The van der Waals surface area contributed by atoms with Crippen molar-refractivity contribution in [3.05, 3.63) is 86.7 Å². The number of benzene rings is 2. The van der Waals surface area contributed by atoms with Crippen LogP contribution in [-0.2, 0) is 12.7 Å². The van der Waals surface area contributed by atoms with E-state index in [-0.39, 0.29) is 12.1 Å². The van der Waals surface area contributed by atoms with Crippen LogP contribution in [0.3, 0.4) is 0 Å². The maximum Gasteiger partial charge on any atom is 0.416 e. The smallest absolute Gasteiger partial charge is 0.294 e. The highest BCUT2D eigenvalue weighted by atomic mass is 35.5. The molecule has 0 spiro atoms. The highest BCUT2D eigenvalue weighted by Crippen LogP contribution is 2.32. The summed E-state index contributed by atoms with van der Waals surface area (Å²) >= 11 is 7.18. The highest BCUT2D eigenvalue weighted by Gasteiger charge is 2.30. The van der Waals surface area contributed by atoms with E-state index in [9.17, 15) is 18.0 Å². The number of fused-ring (bicyclic) bond motifs is 1. The molecule has 0 unspecified atom stereocenters. The van der Waals surface area contributed by atoms with Crippen molar-refractivity contribution in [1.82, 2.24) is 9.55 Å². The quantitative estimate of drug-likeness (QED) is 0.417. The molecule has 0 aliphatic carbocycles. The van der Waals surface area contributed by atoms with Crippen molar-refractivity contribution in [3.8, 4) is 11.1 Å². The minimum absolute atomic E-state index is 0.0138. The van der Waals surface area contributed by atoms with Crippen molar-refractivity contribution in [2.24, 2.45) is 0 Å². The first-order valence-corrected chi connectivity index (χ1v) is 9.47. The topological polar surface area (TPSA) is 34.9 Å². The van der Waals surface area contributed by atoms with Crippen molar-refractivity contribution < 1.29 is 13.2 Å². The Kier molecular flexibility index (Phi) is 4.72. The molecule has 2 aromatic heterocycles. The van der Waals surface area contributed by atoms with Crippen molar-refractivity contribution in [2.45, 2.75) is 12.7 Å². The van der Waals surface area contributed by atoms with Gasteiger partial charge in [0, 0.05) is 16.0 Å². The molecule has 0 N–H and O–H groups in total. The summed E-state index contributed by atoms with van der Waals surface area (Å²) in [6.07, 6.45) is -3.05. The summed E-state index contributed by atoms with van der Waals surface area (Å²) < 4.78 is 40.5. The molecule has 0 atom stereocenters. The van der Waals surface area contributed by atoms with E-state index in [2.05, 4.69) is 4.98 Å².